The molecule has 9 heteroatoms. The van der Waals surface area contributed by atoms with Gasteiger partial charge in [-0.05, 0) is 62.6 Å². The van der Waals surface area contributed by atoms with Crippen molar-refractivity contribution >= 4 is 17.0 Å². The zero-order valence-electron chi connectivity index (χ0n) is 17.1. The van der Waals surface area contributed by atoms with E-state index in [9.17, 15) is 14.7 Å². The van der Waals surface area contributed by atoms with Crippen molar-refractivity contribution in [2.45, 2.75) is 57.1 Å². The fourth-order valence-corrected chi connectivity index (χ4v) is 4.98. The van der Waals surface area contributed by atoms with Crippen molar-refractivity contribution in [2.24, 2.45) is 5.92 Å². The summed E-state index contributed by atoms with van der Waals surface area (Å²) in [5, 5.41) is 14.5. The predicted molar refractivity (Wildman–Crippen MR) is 107 cm³/mol. The third kappa shape index (κ3) is 2.79. The maximum absolute atomic E-state index is 12.1. The number of hydrogen-bond acceptors (Lipinski definition) is 6. The first-order valence-electron chi connectivity index (χ1n) is 10.2. The molecule has 3 aromatic rings. The van der Waals surface area contributed by atoms with Crippen LogP contribution in [0.4, 0.5) is 0 Å². The fourth-order valence-electron chi connectivity index (χ4n) is 4.98. The number of nitrogens with one attached hydrogen (secondary N) is 1. The standard InChI is InChI=1S/C21H24N4O5/c1-11-8-21(11,18-23-19(28)30-24-18)25-15(17(26)27)7-13-6-14(10-22-16(13)25)12-4-5-29-20(2,3)9-12/h6-7,10-12H,4-5,8-9H2,1-3H3,(H,26,27)(H,23,24,28)/t11-,12-,21-/m0/s1. The van der Waals surface area contributed by atoms with Crippen LogP contribution in [0.5, 0.6) is 0 Å². The number of aromatic nitrogens is 4. The summed E-state index contributed by atoms with van der Waals surface area (Å²) in [5.41, 5.74) is 0.797. The quantitative estimate of drug-likeness (QED) is 0.675. The van der Waals surface area contributed by atoms with Gasteiger partial charge in [-0.25, -0.2) is 14.6 Å². The number of H-pyrrole nitrogens is 1. The Hall–Kier alpha value is -2.94. The number of hydrogen-bond donors (Lipinski definition) is 2. The van der Waals surface area contributed by atoms with Crippen LogP contribution in [0.3, 0.4) is 0 Å². The number of fused-ring (bicyclic) bond motifs is 1. The van der Waals surface area contributed by atoms with E-state index in [4.69, 9.17) is 9.26 Å². The first kappa shape index (κ1) is 19.0. The zero-order chi connectivity index (χ0) is 21.3. The Morgan fingerprint density at radius 1 is 1.33 bits per heavy atom. The number of ether oxygens (including phenoxy) is 1. The molecule has 3 atom stereocenters. The van der Waals surface area contributed by atoms with E-state index in [2.05, 4.69) is 29.0 Å². The molecule has 0 radical (unpaired) electrons. The zero-order valence-corrected chi connectivity index (χ0v) is 17.1. The maximum atomic E-state index is 12.1. The van der Waals surface area contributed by atoms with E-state index in [1.54, 1.807) is 10.6 Å². The van der Waals surface area contributed by atoms with Crippen LogP contribution in [-0.2, 0) is 10.3 Å². The van der Waals surface area contributed by atoms with Crippen LogP contribution in [0.15, 0.2) is 27.6 Å². The summed E-state index contributed by atoms with van der Waals surface area (Å²) in [6.45, 7) is 6.85. The van der Waals surface area contributed by atoms with Crippen molar-refractivity contribution in [3.8, 4) is 0 Å². The van der Waals surface area contributed by atoms with Crippen molar-refractivity contribution in [1.29, 1.82) is 0 Å². The molecule has 9 nitrogen and oxygen atoms in total. The molecular formula is C21H24N4O5. The van der Waals surface area contributed by atoms with Crippen molar-refractivity contribution in [3.05, 3.63) is 46.0 Å². The number of carboxylic acids is 1. The first-order chi connectivity index (χ1) is 14.2. The molecule has 0 bridgehead atoms. The van der Waals surface area contributed by atoms with Gasteiger partial charge in [0.15, 0.2) is 5.82 Å². The molecule has 1 saturated carbocycles. The van der Waals surface area contributed by atoms with Gasteiger partial charge in [0.25, 0.3) is 0 Å². The van der Waals surface area contributed by atoms with Gasteiger partial charge >= 0.3 is 11.7 Å². The van der Waals surface area contributed by atoms with Gasteiger partial charge in [0, 0.05) is 18.2 Å². The summed E-state index contributed by atoms with van der Waals surface area (Å²) in [6.07, 6.45) is 4.26. The normalized spacial score (nSPS) is 28.0. The second-order valence-corrected chi connectivity index (χ2v) is 9.12. The molecule has 0 spiro atoms. The summed E-state index contributed by atoms with van der Waals surface area (Å²) < 4.78 is 12.2. The molecule has 2 N–H and O–H groups in total. The summed E-state index contributed by atoms with van der Waals surface area (Å²) in [6, 6.07) is 3.69. The molecule has 0 aromatic carbocycles. The van der Waals surface area contributed by atoms with E-state index in [1.165, 1.54) is 0 Å². The van der Waals surface area contributed by atoms with Gasteiger partial charge in [-0.15, -0.1) is 0 Å². The summed E-state index contributed by atoms with van der Waals surface area (Å²) in [4.78, 5) is 31.0. The number of pyridine rings is 1. The number of rotatable bonds is 4. The summed E-state index contributed by atoms with van der Waals surface area (Å²) in [7, 11) is 0. The maximum Gasteiger partial charge on any atom is 0.438 e. The number of aromatic carboxylic acids is 1. The minimum Gasteiger partial charge on any atom is -0.477 e. The van der Waals surface area contributed by atoms with E-state index in [0.29, 0.717) is 30.4 Å². The average molecular weight is 412 g/mol. The van der Waals surface area contributed by atoms with E-state index in [0.717, 1.165) is 23.8 Å². The minimum absolute atomic E-state index is 0.0738. The van der Waals surface area contributed by atoms with Gasteiger partial charge < -0.3 is 14.4 Å². The highest BCUT2D eigenvalue weighted by Gasteiger charge is 2.59. The van der Waals surface area contributed by atoms with Crippen LogP contribution in [0.2, 0.25) is 0 Å². The Labute approximate surface area is 172 Å². The summed E-state index contributed by atoms with van der Waals surface area (Å²) >= 11 is 0. The third-order valence-electron chi connectivity index (χ3n) is 6.57. The van der Waals surface area contributed by atoms with Crippen LogP contribution in [-0.4, -0.2) is 43.0 Å². The van der Waals surface area contributed by atoms with Crippen molar-refractivity contribution in [1.82, 2.24) is 19.7 Å². The molecule has 4 heterocycles. The number of carbonyl (C=O) groups is 1. The van der Waals surface area contributed by atoms with E-state index >= 15 is 0 Å². The average Bonchev–Trinajstić information content (AvgIpc) is 3.03. The highest BCUT2D eigenvalue weighted by Crippen LogP contribution is 2.55. The molecule has 2 fully saturated rings. The number of carboxylic acid groups (broad SMARTS) is 1. The van der Waals surface area contributed by atoms with E-state index in [1.807, 2.05) is 19.2 Å². The second-order valence-electron chi connectivity index (χ2n) is 9.12. The summed E-state index contributed by atoms with van der Waals surface area (Å²) in [5.74, 6) is -0.995. The largest absolute Gasteiger partial charge is 0.477 e. The van der Waals surface area contributed by atoms with Crippen LogP contribution < -0.4 is 5.76 Å². The fraction of sp³-hybridized carbons (Fsp3) is 0.524. The van der Waals surface area contributed by atoms with Crippen molar-refractivity contribution in [3.63, 3.8) is 0 Å². The molecule has 158 valence electrons. The lowest BCUT2D eigenvalue weighted by atomic mass is 9.84. The second kappa shape index (κ2) is 6.28. The molecule has 3 aromatic heterocycles. The van der Waals surface area contributed by atoms with Gasteiger partial charge in [0.1, 0.15) is 16.9 Å². The Morgan fingerprint density at radius 3 is 2.70 bits per heavy atom. The lowest BCUT2D eigenvalue weighted by molar-refractivity contribution is -0.0593. The molecule has 1 saturated heterocycles. The SMILES string of the molecule is C[C@H]1C[C@]1(c1noc(=O)[nH]1)n1c(C(=O)O)cc2cc([C@H]3CCOC(C)(C)C3)cnc21. The van der Waals surface area contributed by atoms with Crippen LogP contribution >= 0.6 is 0 Å². The first-order valence-corrected chi connectivity index (χ1v) is 10.2. The molecule has 1 aliphatic heterocycles. The van der Waals surface area contributed by atoms with E-state index in [-0.39, 0.29) is 17.2 Å². The molecule has 0 amide bonds. The minimum atomic E-state index is -1.05. The van der Waals surface area contributed by atoms with Crippen molar-refractivity contribution in [2.75, 3.05) is 6.61 Å². The highest BCUT2D eigenvalue weighted by molar-refractivity contribution is 5.94. The molecule has 2 aliphatic rings. The van der Waals surface area contributed by atoms with E-state index < -0.39 is 17.3 Å². The van der Waals surface area contributed by atoms with Gasteiger partial charge in [-0.1, -0.05) is 12.1 Å². The number of nitrogens with zero attached hydrogens (tertiary/aromatic N) is 3. The molecular weight excluding hydrogens is 388 g/mol. The molecule has 0 unspecified atom stereocenters. The lowest BCUT2D eigenvalue weighted by Crippen LogP contribution is -2.33. The Kier molecular flexibility index (Phi) is 3.99. The topological polar surface area (TPSA) is 123 Å². The van der Waals surface area contributed by atoms with Crippen LogP contribution in [0.1, 0.15) is 67.8 Å². The monoisotopic (exact) mass is 412 g/mol. The van der Waals surface area contributed by atoms with Gasteiger partial charge in [-0.3, -0.25) is 9.51 Å². The van der Waals surface area contributed by atoms with Crippen LogP contribution in [0, 0.1) is 5.92 Å². The predicted octanol–water partition coefficient (Wildman–Crippen LogP) is 2.87. The van der Waals surface area contributed by atoms with Gasteiger partial charge in [-0.2, -0.15) is 0 Å². The lowest BCUT2D eigenvalue weighted by Gasteiger charge is -2.35. The third-order valence-corrected chi connectivity index (χ3v) is 6.57. The number of aromatic amines is 1. The van der Waals surface area contributed by atoms with Gasteiger partial charge in [0.05, 0.1) is 5.60 Å². The van der Waals surface area contributed by atoms with Gasteiger partial charge in [0.2, 0.25) is 0 Å². The van der Waals surface area contributed by atoms with Crippen LogP contribution in [0.25, 0.3) is 11.0 Å². The molecule has 1 aliphatic carbocycles. The smallest absolute Gasteiger partial charge is 0.438 e. The van der Waals surface area contributed by atoms with Crippen molar-refractivity contribution < 1.29 is 19.2 Å². The Bertz CT molecular complexity index is 1210. The Balaban J connectivity index is 1.65. The highest BCUT2D eigenvalue weighted by atomic mass is 16.5. The Morgan fingerprint density at radius 2 is 2.10 bits per heavy atom. The molecule has 30 heavy (non-hydrogen) atoms. The molecule has 5 rings (SSSR count).